The number of unbranched alkanes of at least 4 members (excludes halogenated alkanes) is 6. The summed E-state index contributed by atoms with van der Waals surface area (Å²) in [5.41, 5.74) is 10.9. The zero-order chi connectivity index (χ0) is 35.2. The molecular weight excluding hydrogens is 623 g/mol. The van der Waals surface area contributed by atoms with Crippen LogP contribution in [0.4, 0.5) is 17.1 Å². The van der Waals surface area contributed by atoms with Crippen molar-refractivity contribution in [2.24, 2.45) is 0 Å². The predicted molar refractivity (Wildman–Crippen MR) is 215 cm³/mol. The first kappa shape index (κ1) is 34.3. The number of carboxylic acid groups (broad SMARTS) is 1. The van der Waals surface area contributed by atoms with Crippen molar-refractivity contribution >= 4 is 33.8 Å². The Kier molecular flexibility index (Phi) is 10.4. The molecule has 1 aliphatic rings. The molecule has 7 rings (SSSR count). The predicted octanol–water partition coefficient (Wildman–Crippen LogP) is 13.9. The van der Waals surface area contributed by atoms with Crippen LogP contribution in [-0.4, -0.2) is 11.1 Å². The number of rotatable bonds is 15. The summed E-state index contributed by atoms with van der Waals surface area (Å²) in [5.74, 6) is -0.918. The minimum atomic E-state index is -0.918. The fraction of sp³-hybridized carbons (Fsp3) is 0.271. The smallest absolute Gasteiger partial charge is 0.336 e. The van der Waals surface area contributed by atoms with Gasteiger partial charge in [0.1, 0.15) is 0 Å². The summed E-state index contributed by atoms with van der Waals surface area (Å²) < 4.78 is 0. The van der Waals surface area contributed by atoms with Crippen LogP contribution in [0.5, 0.6) is 0 Å². The lowest BCUT2D eigenvalue weighted by molar-refractivity contribution is 0.0697. The maximum absolute atomic E-state index is 12.1. The van der Waals surface area contributed by atoms with E-state index < -0.39 is 5.97 Å². The minimum absolute atomic E-state index is 0.0156. The molecule has 0 atom stereocenters. The van der Waals surface area contributed by atoms with Crippen LogP contribution in [0.2, 0.25) is 0 Å². The van der Waals surface area contributed by atoms with Gasteiger partial charge in [0, 0.05) is 22.2 Å². The van der Waals surface area contributed by atoms with Gasteiger partial charge in [0.2, 0.25) is 0 Å². The first-order valence-electron chi connectivity index (χ1n) is 19.0. The van der Waals surface area contributed by atoms with Gasteiger partial charge in [-0.1, -0.05) is 162 Å². The maximum atomic E-state index is 12.1. The van der Waals surface area contributed by atoms with E-state index in [1.54, 1.807) is 12.1 Å². The van der Waals surface area contributed by atoms with E-state index in [-0.39, 0.29) is 5.41 Å². The highest BCUT2D eigenvalue weighted by molar-refractivity contribution is 6.00. The molecule has 3 heteroatoms. The standard InChI is InChI=1S/C48H49NO2/c1-3-5-7-15-32-48(33-16-8-6-4-2)44-24-14-13-22-41(44)42-31-30-38(34-45(42)48)49(46-25-17-19-35-18-9-10-21-40(35)46)37-28-26-36(27-29-37)39-20-11-12-23-43(39)47(50)51/h9-14,17-31,34H,3-8,15-16,32-33H2,1-2H3,(H,50,51). The molecule has 51 heavy (non-hydrogen) atoms. The van der Waals surface area contributed by atoms with Gasteiger partial charge in [0.25, 0.3) is 0 Å². The molecule has 0 spiro atoms. The van der Waals surface area contributed by atoms with Crippen LogP contribution in [0, 0.1) is 0 Å². The van der Waals surface area contributed by atoms with E-state index in [9.17, 15) is 9.90 Å². The Labute approximate surface area is 303 Å². The van der Waals surface area contributed by atoms with E-state index in [2.05, 4.69) is 128 Å². The van der Waals surface area contributed by atoms with Gasteiger partial charge in [-0.25, -0.2) is 4.79 Å². The van der Waals surface area contributed by atoms with Gasteiger partial charge < -0.3 is 10.0 Å². The molecule has 0 saturated carbocycles. The molecule has 0 aromatic heterocycles. The van der Waals surface area contributed by atoms with Crippen LogP contribution in [0.25, 0.3) is 33.0 Å². The lowest BCUT2D eigenvalue weighted by Crippen LogP contribution is -2.26. The number of carbonyl (C=O) groups is 1. The van der Waals surface area contributed by atoms with E-state index >= 15 is 0 Å². The van der Waals surface area contributed by atoms with Gasteiger partial charge in [-0.05, 0) is 88.0 Å². The number of hydrogen-bond acceptors (Lipinski definition) is 2. The van der Waals surface area contributed by atoms with Gasteiger partial charge in [-0.15, -0.1) is 0 Å². The summed E-state index contributed by atoms with van der Waals surface area (Å²) in [4.78, 5) is 14.5. The van der Waals surface area contributed by atoms with Crippen LogP contribution in [0.15, 0.2) is 133 Å². The summed E-state index contributed by atoms with van der Waals surface area (Å²) in [6, 6.07) is 47.2. The zero-order valence-corrected chi connectivity index (χ0v) is 30.1. The molecule has 258 valence electrons. The summed E-state index contributed by atoms with van der Waals surface area (Å²) in [6.07, 6.45) is 12.4. The second-order valence-electron chi connectivity index (χ2n) is 14.2. The highest BCUT2D eigenvalue weighted by Crippen LogP contribution is 2.55. The normalized spacial score (nSPS) is 12.8. The van der Waals surface area contributed by atoms with Gasteiger partial charge in [0.05, 0.1) is 11.3 Å². The van der Waals surface area contributed by atoms with Gasteiger partial charge in [0.15, 0.2) is 0 Å². The highest BCUT2D eigenvalue weighted by Gasteiger charge is 2.42. The molecule has 6 aromatic rings. The number of anilines is 3. The monoisotopic (exact) mass is 671 g/mol. The largest absolute Gasteiger partial charge is 0.478 e. The molecule has 1 N–H and O–H groups in total. The lowest BCUT2D eigenvalue weighted by Gasteiger charge is -2.34. The fourth-order valence-electron chi connectivity index (χ4n) is 8.50. The average molecular weight is 672 g/mol. The van der Waals surface area contributed by atoms with E-state index in [4.69, 9.17) is 0 Å². The maximum Gasteiger partial charge on any atom is 0.336 e. The Morgan fingerprint density at radius 1 is 0.569 bits per heavy atom. The average Bonchev–Trinajstić information content (AvgIpc) is 3.44. The van der Waals surface area contributed by atoms with Crippen LogP contribution in [0.1, 0.15) is 99.5 Å². The summed E-state index contributed by atoms with van der Waals surface area (Å²) in [5, 5.41) is 12.3. The molecule has 0 bridgehead atoms. The molecule has 0 saturated heterocycles. The van der Waals surface area contributed by atoms with Crippen LogP contribution < -0.4 is 4.90 Å². The van der Waals surface area contributed by atoms with Crippen LogP contribution in [-0.2, 0) is 5.41 Å². The number of nitrogens with zero attached hydrogens (tertiary/aromatic N) is 1. The molecule has 6 aromatic carbocycles. The first-order chi connectivity index (χ1) is 25.1. The van der Waals surface area contributed by atoms with E-state index in [0.29, 0.717) is 5.56 Å². The van der Waals surface area contributed by atoms with Crippen molar-refractivity contribution in [3.8, 4) is 22.3 Å². The summed E-state index contributed by atoms with van der Waals surface area (Å²) >= 11 is 0. The third-order valence-electron chi connectivity index (χ3n) is 11.0. The van der Waals surface area contributed by atoms with Crippen LogP contribution >= 0.6 is 0 Å². The summed E-state index contributed by atoms with van der Waals surface area (Å²) in [7, 11) is 0. The number of carboxylic acids is 1. The molecular formula is C48H49NO2. The van der Waals surface area contributed by atoms with Crippen molar-refractivity contribution in [3.63, 3.8) is 0 Å². The Bertz CT molecular complexity index is 2110. The van der Waals surface area contributed by atoms with Crippen LogP contribution in [0.3, 0.4) is 0 Å². The molecule has 1 aliphatic carbocycles. The van der Waals surface area contributed by atoms with Crippen molar-refractivity contribution in [2.75, 3.05) is 4.90 Å². The lowest BCUT2D eigenvalue weighted by atomic mass is 9.70. The number of fused-ring (bicyclic) bond motifs is 4. The van der Waals surface area contributed by atoms with Gasteiger partial charge in [-0.2, -0.15) is 0 Å². The third kappa shape index (κ3) is 6.70. The Morgan fingerprint density at radius 3 is 1.90 bits per heavy atom. The van der Waals surface area contributed by atoms with E-state index in [0.717, 1.165) is 28.2 Å². The molecule has 0 amide bonds. The van der Waals surface area contributed by atoms with Crippen molar-refractivity contribution in [1.29, 1.82) is 0 Å². The van der Waals surface area contributed by atoms with Gasteiger partial charge in [-0.3, -0.25) is 0 Å². The molecule has 0 aliphatic heterocycles. The third-order valence-corrected chi connectivity index (χ3v) is 11.0. The van der Waals surface area contributed by atoms with E-state index in [1.165, 1.54) is 97.2 Å². The topological polar surface area (TPSA) is 40.5 Å². The van der Waals surface area contributed by atoms with Crippen molar-refractivity contribution in [2.45, 2.75) is 83.5 Å². The number of benzene rings is 6. The van der Waals surface area contributed by atoms with Gasteiger partial charge >= 0.3 is 5.97 Å². The minimum Gasteiger partial charge on any atom is -0.478 e. The number of aromatic carboxylic acids is 1. The van der Waals surface area contributed by atoms with Crippen molar-refractivity contribution in [1.82, 2.24) is 0 Å². The number of hydrogen-bond donors (Lipinski definition) is 1. The molecule has 0 fully saturated rings. The van der Waals surface area contributed by atoms with Crippen molar-refractivity contribution < 1.29 is 9.90 Å². The fourth-order valence-corrected chi connectivity index (χ4v) is 8.50. The Morgan fingerprint density at radius 2 is 1.18 bits per heavy atom. The summed E-state index contributed by atoms with van der Waals surface area (Å²) in [6.45, 7) is 4.60. The second-order valence-corrected chi connectivity index (χ2v) is 14.2. The first-order valence-corrected chi connectivity index (χ1v) is 19.0. The molecule has 0 radical (unpaired) electrons. The van der Waals surface area contributed by atoms with Crippen molar-refractivity contribution in [3.05, 3.63) is 150 Å². The quantitative estimate of drug-likeness (QED) is 0.110. The van der Waals surface area contributed by atoms with E-state index in [1.807, 2.05) is 12.1 Å². The molecule has 3 nitrogen and oxygen atoms in total. The Balaban J connectivity index is 1.39. The molecule has 0 unspecified atom stereocenters. The SMILES string of the molecule is CCCCCCC1(CCCCCC)c2ccccc2-c2ccc(N(c3ccc(-c4ccccc4C(=O)O)cc3)c3cccc4ccccc34)cc21. The highest BCUT2D eigenvalue weighted by atomic mass is 16.4. The zero-order valence-electron chi connectivity index (χ0n) is 30.1. The Hall–Kier alpha value is -5.15. The molecule has 0 heterocycles. The second kappa shape index (κ2) is 15.4.